The van der Waals surface area contributed by atoms with E-state index < -0.39 is 25.2 Å². The van der Waals surface area contributed by atoms with E-state index in [4.69, 9.17) is 21.7 Å². The predicted octanol–water partition coefficient (Wildman–Crippen LogP) is 0.853. The van der Waals surface area contributed by atoms with E-state index >= 15 is 0 Å². The summed E-state index contributed by atoms with van der Waals surface area (Å²) in [6.07, 6.45) is 0. The molecule has 9 heteroatoms. The van der Waals surface area contributed by atoms with Gasteiger partial charge in [-0.15, -0.1) is 0 Å². The molecule has 7 nitrogen and oxygen atoms in total. The van der Waals surface area contributed by atoms with Crippen LogP contribution in [-0.2, 0) is 15.6 Å². The van der Waals surface area contributed by atoms with Crippen LogP contribution in [0.2, 0.25) is 0 Å². The lowest BCUT2D eigenvalue weighted by molar-refractivity contribution is -0.385. The quantitative estimate of drug-likeness (QED) is 0.495. The number of nitro benzene ring substituents is 1. The van der Waals surface area contributed by atoms with Crippen molar-refractivity contribution in [2.75, 3.05) is 0 Å². The van der Waals surface area contributed by atoms with E-state index in [9.17, 15) is 18.5 Å². The maximum Gasteiger partial charge on any atom is 0.291 e. The molecule has 90 valence electrons. The van der Waals surface area contributed by atoms with Gasteiger partial charge in [0.1, 0.15) is 11.6 Å². The van der Waals surface area contributed by atoms with Crippen LogP contribution in [0, 0.1) is 21.4 Å². The third-order valence-electron chi connectivity index (χ3n) is 1.97. The molecule has 17 heavy (non-hydrogen) atoms. The first-order chi connectivity index (χ1) is 7.81. The fraction of sp³-hybridized carbons (Fsp3) is 0.125. The smallest absolute Gasteiger partial charge is 0.291 e. The molecule has 0 atom stereocenters. The Morgan fingerprint density at radius 3 is 2.47 bits per heavy atom. The van der Waals surface area contributed by atoms with Gasteiger partial charge in [-0.1, -0.05) is 0 Å². The van der Waals surface area contributed by atoms with Crippen LogP contribution in [0.4, 0.5) is 5.69 Å². The molecular formula is C8H6ClN3O4S. The second-order valence-corrected chi connectivity index (χ2v) is 5.56. The number of nitriles is 1. The number of hydrogen-bond acceptors (Lipinski definition) is 6. The highest BCUT2D eigenvalue weighted by Gasteiger charge is 2.23. The molecule has 0 aromatic heterocycles. The number of nitrogens with two attached hydrogens (primary N) is 1. The number of hydrogen-bond donors (Lipinski definition) is 1. The van der Waals surface area contributed by atoms with Gasteiger partial charge in [0, 0.05) is 22.8 Å². The minimum Gasteiger partial charge on any atom is -0.326 e. The van der Waals surface area contributed by atoms with E-state index in [0.29, 0.717) is 0 Å². The summed E-state index contributed by atoms with van der Waals surface area (Å²) in [4.78, 5) is 9.56. The second-order valence-electron chi connectivity index (χ2n) is 2.99. The standard InChI is InChI=1S/C8H6ClN3O4S/c9-17(15,16)7-1-5(3-10)8(12(13)14)6(2-7)4-11/h1-2H,3,10H2. The van der Waals surface area contributed by atoms with Gasteiger partial charge in [0.15, 0.2) is 0 Å². The summed E-state index contributed by atoms with van der Waals surface area (Å²) >= 11 is 0. The highest BCUT2D eigenvalue weighted by molar-refractivity contribution is 8.13. The van der Waals surface area contributed by atoms with Gasteiger partial charge >= 0.3 is 0 Å². The van der Waals surface area contributed by atoms with E-state index in [1.165, 1.54) is 0 Å². The van der Waals surface area contributed by atoms with E-state index in [2.05, 4.69) is 0 Å². The van der Waals surface area contributed by atoms with Gasteiger partial charge < -0.3 is 5.73 Å². The molecule has 0 saturated heterocycles. The summed E-state index contributed by atoms with van der Waals surface area (Å²) in [5.41, 5.74) is 4.32. The van der Waals surface area contributed by atoms with Gasteiger partial charge in [-0.3, -0.25) is 10.1 Å². The highest BCUT2D eigenvalue weighted by atomic mass is 35.7. The summed E-state index contributed by atoms with van der Waals surface area (Å²) in [6.45, 7) is -0.273. The molecule has 1 aromatic rings. The maximum atomic E-state index is 11.1. The molecular weight excluding hydrogens is 270 g/mol. The molecule has 0 aliphatic carbocycles. The van der Waals surface area contributed by atoms with Crippen molar-refractivity contribution in [1.29, 1.82) is 5.26 Å². The van der Waals surface area contributed by atoms with Crippen molar-refractivity contribution in [3.8, 4) is 6.07 Å². The average Bonchev–Trinajstić information content (AvgIpc) is 2.25. The average molecular weight is 276 g/mol. The van der Waals surface area contributed by atoms with Crippen molar-refractivity contribution in [2.24, 2.45) is 5.73 Å². The molecule has 0 bridgehead atoms. The van der Waals surface area contributed by atoms with Gasteiger partial charge in [0.05, 0.1) is 9.82 Å². The van der Waals surface area contributed by atoms with E-state index in [0.717, 1.165) is 12.1 Å². The zero-order chi connectivity index (χ0) is 13.2. The SMILES string of the molecule is N#Cc1cc(S(=O)(=O)Cl)cc(CN)c1[N+](=O)[O-]. The molecule has 0 unspecified atom stereocenters. The summed E-state index contributed by atoms with van der Waals surface area (Å²) in [7, 11) is 1.03. The maximum absolute atomic E-state index is 11.1. The van der Waals surface area contributed by atoms with Gasteiger partial charge in [0.2, 0.25) is 0 Å². The molecule has 0 fully saturated rings. The van der Waals surface area contributed by atoms with Crippen LogP contribution >= 0.6 is 10.7 Å². The molecule has 0 saturated carbocycles. The van der Waals surface area contributed by atoms with Crippen molar-refractivity contribution in [2.45, 2.75) is 11.4 Å². The van der Waals surface area contributed by atoms with Crippen molar-refractivity contribution < 1.29 is 13.3 Å². The summed E-state index contributed by atoms with van der Waals surface area (Å²) in [5.74, 6) is 0. The van der Waals surface area contributed by atoms with Crippen LogP contribution in [-0.4, -0.2) is 13.3 Å². The number of rotatable bonds is 3. The van der Waals surface area contributed by atoms with E-state index in [1.807, 2.05) is 0 Å². The number of nitrogens with zero attached hydrogens (tertiary/aromatic N) is 2. The molecule has 1 aromatic carbocycles. The Hall–Kier alpha value is -1.69. The van der Waals surface area contributed by atoms with Crippen molar-refractivity contribution in [3.63, 3.8) is 0 Å². The van der Waals surface area contributed by atoms with Crippen LogP contribution in [0.25, 0.3) is 0 Å². The lowest BCUT2D eigenvalue weighted by Gasteiger charge is -2.04. The van der Waals surface area contributed by atoms with Crippen molar-refractivity contribution in [3.05, 3.63) is 33.4 Å². The normalized spacial score (nSPS) is 10.9. The number of halogens is 1. The van der Waals surface area contributed by atoms with Crippen LogP contribution < -0.4 is 5.73 Å². The molecule has 0 radical (unpaired) electrons. The Labute approximate surface area is 101 Å². The fourth-order valence-corrected chi connectivity index (χ4v) is 2.07. The first kappa shape index (κ1) is 13.4. The summed E-state index contributed by atoms with van der Waals surface area (Å²) in [5, 5.41) is 19.5. The molecule has 0 amide bonds. The van der Waals surface area contributed by atoms with Crippen LogP contribution in [0.3, 0.4) is 0 Å². The molecule has 1 rings (SSSR count). The largest absolute Gasteiger partial charge is 0.326 e. The van der Waals surface area contributed by atoms with Crippen LogP contribution in [0.5, 0.6) is 0 Å². The Balaban J connectivity index is 3.69. The lowest BCUT2D eigenvalue weighted by Crippen LogP contribution is -2.06. The lowest BCUT2D eigenvalue weighted by atomic mass is 10.1. The second kappa shape index (κ2) is 4.67. The third kappa shape index (κ3) is 2.71. The van der Waals surface area contributed by atoms with E-state index in [-0.39, 0.29) is 17.0 Å². The Morgan fingerprint density at radius 2 is 2.12 bits per heavy atom. The van der Waals surface area contributed by atoms with Gasteiger partial charge in [-0.2, -0.15) is 5.26 Å². The minimum atomic E-state index is -4.07. The molecule has 0 spiro atoms. The molecule has 0 aliphatic rings. The van der Waals surface area contributed by atoms with Crippen LogP contribution in [0.15, 0.2) is 17.0 Å². The first-order valence-electron chi connectivity index (χ1n) is 4.17. The predicted molar refractivity (Wildman–Crippen MR) is 58.7 cm³/mol. The zero-order valence-corrected chi connectivity index (χ0v) is 9.83. The fourth-order valence-electron chi connectivity index (χ4n) is 1.26. The van der Waals surface area contributed by atoms with Crippen molar-refractivity contribution in [1.82, 2.24) is 0 Å². The highest BCUT2D eigenvalue weighted by Crippen LogP contribution is 2.28. The molecule has 0 heterocycles. The summed E-state index contributed by atoms with van der Waals surface area (Å²) < 4.78 is 22.2. The van der Waals surface area contributed by atoms with Crippen LogP contribution in [0.1, 0.15) is 11.1 Å². The Morgan fingerprint density at radius 1 is 1.53 bits per heavy atom. The Bertz CT molecular complexity index is 620. The number of nitro groups is 1. The number of benzene rings is 1. The van der Waals surface area contributed by atoms with Gasteiger partial charge in [0.25, 0.3) is 14.7 Å². The first-order valence-corrected chi connectivity index (χ1v) is 6.48. The zero-order valence-electron chi connectivity index (χ0n) is 8.25. The van der Waals surface area contributed by atoms with Gasteiger partial charge in [-0.25, -0.2) is 8.42 Å². The molecule has 0 aliphatic heterocycles. The van der Waals surface area contributed by atoms with Gasteiger partial charge in [-0.05, 0) is 12.1 Å². The van der Waals surface area contributed by atoms with Crippen molar-refractivity contribution >= 4 is 25.4 Å². The Kier molecular flexibility index (Phi) is 3.67. The topological polar surface area (TPSA) is 127 Å². The molecule has 2 N–H and O–H groups in total. The monoisotopic (exact) mass is 275 g/mol. The van der Waals surface area contributed by atoms with E-state index in [1.54, 1.807) is 6.07 Å². The minimum absolute atomic E-state index is 0.0618. The summed E-state index contributed by atoms with van der Waals surface area (Å²) in [6, 6.07) is 3.38. The third-order valence-corrected chi connectivity index (χ3v) is 3.30.